The van der Waals surface area contributed by atoms with Crippen molar-refractivity contribution in [3.8, 4) is 5.75 Å². The molecule has 0 aliphatic carbocycles. The molecular formula is C66H74F2N14O13S2. The number of nitrogens with zero attached hydrogens (tertiary/aromatic N) is 2. The van der Waals surface area contributed by atoms with E-state index >= 15 is 4.79 Å². The minimum Gasteiger partial charge on any atom is -0.508 e. The summed E-state index contributed by atoms with van der Waals surface area (Å²) >= 11 is 2.78. The molecule has 7 aromatic rings. The molecule has 1 fully saturated rings. The normalized spacial score (nSPS) is 23.2. The second-order valence-electron chi connectivity index (χ2n) is 24.0. The van der Waals surface area contributed by atoms with E-state index < -0.39 is 144 Å². The summed E-state index contributed by atoms with van der Waals surface area (Å²) in [5, 5.41) is 41.7. The van der Waals surface area contributed by atoms with Gasteiger partial charge in [0.25, 0.3) is 0 Å². The van der Waals surface area contributed by atoms with Gasteiger partial charge in [-0.3, -0.25) is 52.7 Å². The smallest absolute Gasteiger partial charge is 0.305 e. The third-order valence-corrected chi connectivity index (χ3v) is 18.9. The number of primary amides is 1. The van der Waals surface area contributed by atoms with Gasteiger partial charge < -0.3 is 78.3 Å². The number of aromatic amines is 3. The molecule has 10 amide bonds. The first-order chi connectivity index (χ1) is 46.4. The van der Waals surface area contributed by atoms with Crippen molar-refractivity contribution in [3.63, 3.8) is 0 Å². The van der Waals surface area contributed by atoms with Crippen LogP contribution in [0.1, 0.15) is 73.0 Å². The quantitative estimate of drug-likeness (QED) is 0.0881. The first kappa shape index (κ1) is 71.0. The molecule has 8 atom stereocenters. The average Bonchev–Trinajstić information content (AvgIpc) is 1.70. The number of halogens is 2. The molecule has 0 unspecified atom stereocenters. The summed E-state index contributed by atoms with van der Waals surface area (Å²) in [6.45, 7) is 2.21. The molecule has 15 N–H and O–H groups in total. The highest BCUT2D eigenvalue weighted by Gasteiger charge is 2.48. The Balaban J connectivity index is 1.05. The van der Waals surface area contributed by atoms with Crippen molar-refractivity contribution in [2.45, 2.75) is 125 Å². The second-order valence-corrected chi connectivity index (χ2v) is 26.1. The molecule has 0 radical (unpaired) electrons. The third-order valence-electron chi connectivity index (χ3n) is 16.7. The molecule has 3 aromatic heterocycles. The lowest BCUT2D eigenvalue weighted by Gasteiger charge is -2.37. The van der Waals surface area contributed by atoms with Gasteiger partial charge in [-0.1, -0.05) is 36.4 Å². The Kier molecular flexibility index (Phi) is 23.7. The Hall–Kier alpha value is -10.3. The van der Waals surface area contributed by atoms with Crippen molar-refractivity contribution in [2.24, 2.45) is 5.73 Å². The molecule has 0 saturated carbocycles. The number of nitrogens with one attached hydrogen (secondary N) is 11. The van der Waals surface area contributed by atoms with E-state index in [2.05, 4.69) is 62.5 Å². The molecule has 2 bridgehead atoms. The molecule has 0 spiro atoms. The lowest BCUT2D eigenvalue weighted by atomic mass is 9.95. The van der Waals surface area contributed by atoms with Gasteiger partial charge in [0, 0.05) is 108 Å². The topological polar surface area (TPSA) is 414 Å². The van der Waals surface area contributed by atoms with Crippen LogP contribution in [0.3, 0.4) is 0 Å². The van der Waals surface area contributed by atoms with Crippen molar-refractivity contribution in [1.82, 2.24) is 67.4 Å². The fraction of sp³-hybridized carbons (Fsp3) is 0.364. The monoisotopic (exact) mass is 1370 g/mol. The number of rotatable bonds is 11. The van der Waals surface area contributed by atoms with Crippen LogP contribution in [0.4, 0.5) is 8.78 Å². The molecule has 5 heterocycles. The van der Waals surface area contributed by atoms with E-state index in [0.717, 1.165) is 17.2 Å². The summed E-state index contributed by atoms with van der Waals surface area (Å²) in [5.41, 5.74) is 8.19. The molecule has 31 heteroatoms. The second kappa shape index (κ2) is 32.4. The lowest BCUT2D eigenvalue weighted by Crippen LogP contribution is -2.63. The zero-order chi connectivity index (χ0) is 69.5. The van der Waals surface area contributed by atoms with Gasteiger partial charge in [-0.2, -0.15) is 23.5 Å². The van der Waals surface area contributed by atoms with Crippen molar-refractivity contribution in [3.05, 3.63) is 155 Å². The Morgan fingerprint density at radius 1 is 0.660 bits per heavy atom. The zero-order valence-corrected chi connectivity index (χ0v) is 54.4. The Bertz CT molecular complexity index is 4080. The number of hydrogen-bond donors (Lipinski definition) is 14. The maximum absolute atomic E-state index is 15.2. The van der Waals surface area contributed by atoms with Gasteiger partial charge in [-0.05, 0) is 103 Å². The number of nitrogens with two attached hydrogens (primary N) is 1. The summed E-state index contributed by atoms with van der Waals surface area (Å²) in [4.78, 5) is 169. The molecule has 512 valence electrons. The molecule has 97 heavy (non-hydrogen) atoms. The van der Waals surface area contributed by atoms with Crippen LogP contribution < -0.4 is 48.3 Å². The fourth-order valence-corrected chi connectivity index (χ4v) is 13.4. The molecule has 4 aromatic carbocycles. The predicted molar refractivity (Wildman–Crippen MR) is 354 cm³/mol. The van der Waals surface area contributed by atoms with Gasteiger partial charge in [0.1, 0.15) is 65.2 Å². The number of phenolic OH excluding ortho intramolecular Hbond substituents is 1. The molecule has 2 aliphatic heterocycles. The van der Waals surface area contributed by atoms with Crippen LogP contribution in [-0.4, -0.2) is 173 Å². The van der Waals surface area contributed by atoms with Crippen LogP contribution in [-0.2, 0) is 89.9 Å². The van der Waals surface area contributed by atoms with Crippen molar-refractivity contribution in [2.75, 3.05) is 24.6 Å². The summed E-state index contributed by atoms with van der Waals surface area (Å²) in [6.07, 6.45) is 3.39. The third kappa shape index (κ3) is 19.0. The maximum atomic E-state index is 15.2. The number of aromatic hydroxyl groups is 1. The van der Waals surface area contributed by atoms with E-state index in [4.69, 9.17) is 5.73 Å². The van der Waals surface area contributed by atoms with E-state index in [1.807, 2.05) is 24.3 Å². The number of thioether (sulfide) groups is 2. The van der Waals surface area contributed by atoms with Crippen molar-refractivity contribution in [1.29, 1.82) is 0 Å². The summed E-state index contributed by atoms with van der Waals surface area (Å²) < 4.78 is 29.7. The molecular weight excluding hydrogens is 1300 g/mol. The van der Waals surface area contributed by atoms with Crippen LogP contribution in [0, 0.1) is 11.6 Å². The highest BCUT2D eigenvalue weighted by molar-refractivity contribution is 7.98. The largest absolute Gasteiger partial charge is 0.508 e. The van der Waals surface area contributed by atoms with Crippen LogP contribution >= 0.6 is 23.5 Å². The maximum Gasteiger partial charge on any atom is 0.305 e. The number of imidazole rings is 1. The average molecular weight is 1370 g/mol. The fourth-order valence-electron chi connectivity index (χ4n) is 11.5. The first-order valence-electron chi connectivity index (χ1n) is 31.1. The Morgan fingerprint density at radius 2 is 1.24 bits per heavy atom. The number of H-pyrrole nitrogens is 3. The minimum absolute atomic E-state index is 0.0182. The number of carboxylic acid groups (broad SMARTS) is 1. The summed E-state index contributed by atoms with van der Waals surface area (Å²) in [6, 6.07) is 9.97. The summed E-state index contributed by atoms with van der Waals surface area (Å²) in [5.74, 6) is -10.7. The van der Waals surface area contributed by atoms with Gasteiger partial charge in [-0.25, -0.2) is 13.8 Å². The molecule has 27 nitrogen and oxygen atoms in total. The number of phenols is 1. The number of carboxylic acids is 1. The van der Waals surface area contributed by atoms with E-state index in [0.29, 0.717) is 51.2 Å². The number of fused-ring (bicyclic) bond motifs is 5. The minimum atomic E-state index is -2.04. The number of aromatic nitrogens is 4. The molecule has 9 rings (SSSR count). The lowest BCUT2D eigenvalue weighted by molar-refractivity contribution is -0.147. The highest BCUT2D eigenvalue weighted by Crippen LogP contribution is 2.32. The Morgan fingerprint density at radius 3 is 1.84 bits per heavy atom. The van der Waals surface area contributed by atoms with E-state index in [1.165, 1.54) is 122 Å². The zero-order valence-electron chi connectivity index (χ0n) is 52.8. The number of hydrogen-bond acceptors (Lipinski definition) is 15. The van der Waals surface area contributed by atoms with Gasteiger partial charge >= 0.3 is 5.97 Å². The first-order valence-corrected chi connectivity index (χ1v) is 33.4. The number of carbonyl (C=O) groups excluding carboxylic acids is 10. The number of amides is 10. The Labute approximate surface area is 562 Å². The summed E-state index contributed by atoms with van der Waals surface area (Å²) in [7, 11) is 0. The number of aliphatic carboxylic acids is 1. The van der Waals surface area contributed by atoms with Crippen LogP contribution in [0.5, 0.6) is 5.75 Å². The van der Waals surface area contributed by atoms with E-state index in [9.17, 15) is 66.9 Å². The molecule has 2 aliphatic rings. The van der Waals surface area contributed by atoms with Gasteiger partial charge in [0.15, 0.2) is 0 Å². The van der Waals surface area contributed by atoms with E-state index in [1.54, 1.807) is 0 Å². The van der Waals surface area contributed by atoms with Crippen molar-refractivity contribution < 1.29 is 71.7 Å². The molecule has 1 saturated heterocycles. The van der Waals surface area contributed by atoms with Gasteiger partial charge in [0.05, 0.1) is 19.3 Å². The SMILES string of the molecule is C[C@@H]1NC(=O)CCSCc2cccc(c2)CSC[C@@H](C(N)=O)NC(=O)[C@]2(C)CCCN2C(=O)[C@H](Cc2ccc(O)cc2)NC(=O)[C@H](Cc2cnc[nH]2)NC(=O)[C@H](CC(=O)O)NC(=O)[C@H](Cc2c[nH]c3ccc(F)cc23)NC(=O)[C@H](Cc2c[nH]c3ccc(F)cc23)NC(=O)CNC1=O. The highest BCUT2D eigenvalue weighted by atomic mass is 32.2. The van der Waals surface area contributed by atoms with Gasteiger partial charge in [0.2, 0.25) is 59.1 Å². The standard InChI is InChI=1S/C66H74F2N14O13S2/c1-35-59(89)73-30-56(85)76-49(21-39-27-71-47-13-9-41(67)23-45(39)47)60(90)77-50(22-40-28-72-48-14-10-42(68)24-46(40)48)61(91)79-52(26-57(86)87)63(93)78-51(25-43-29-70-34-74-43)62(92)80-53(20-36-7-11-44(83)12-8-36)64(94)82-17-4-16-66(82,2)65(95)81-54(58(69)88)33-97-32-38-6-3-5-37(19-38)31-96-18-15-55(84)75-35/h3,5-14,19,23-24,27-29,34-35,49-54,71-72,83H,4,15-18,20-22,25-26,30-33H2,1-2H3,(H2,69,88)(H,70,74)(H,73,89)(H,75,84)(H,76,85)(H,77,90)(H,78,93)(H,79,91)(H,80,92)(H,81,95)(H,86,87)/t35-,49-,50-,51-,52-,53-,54-,66-/m0/s1. The predicted octanol–water partition coefficient (Wildman–Crippen LogP) is 2.07. The van der Waals surface area contributed by atoms with E-state index in [-0.39, 0.29) is 66.8 Å². The van der Waals surface area contributed by atoms with Crippen LogP contribution in [0.25, 0.3) is 21.8 Å². The van der Waals surface area contributed by atoms with Gasteiger partial charge in [-0.15, -0.1) is 0 Å². The number of carbonyl (C=O) groups is 11. The van der Waals surface area contributed by atoms with Crippen LogP contribution in [0.15, 0.2) is 110 Å². The van der Waals surface area contributed by atoms with Crippen molar-refractivity contribution >= 4 is 110 Å². The number of benzene rings is 4. The van der Waals surface area contributed by atoms with Crippen LogP contribution in [0.2, 0.25) is 0 Å².